The second-order valence-corrected chi connectivity index (χ2v) is 6.03. The SMILES string of the molecule is CC(C(N)=O)N1CCN(Cc2cccc3ccccc23)CC1. The molecule has 0 bridgehead atoms. The monoisotopic (exact) mass is 297 g/mol. The molecule has 116 valence electrons. The Labute approximate surface area is 131 Å². The highest BCUT2D eigenvalue weighted by Crippen LogP contribution is 2.20. The van der Waals surface area contributed by atoms with Crippen LogP contribution in [0.4, 0.5) is 0 Å². The second-order valence-electron chi connectivity index (χ2n) is 6.03. The van der Waals surface area contributed by atoms with Crippen LogP contribution >= 0.6 is 0 Å². The zero-order valence-electron chi connectivity index (χ0n) is 13.0. The van der Waals surface area contributed by atoms with Crippen molar-refractivity contribution in [2.75, 3.05) is 26.2 Å². The Bertz CT molecular complexity index is 657. The zero-order valence-corrected chi connectivity index (χ0v) is 13.0. The molecular weight excluding hydrogens is 274 g/mol. The first-order chi connectivity index (χ1) is 10.6. The number of hydrogen-bond donors (Lipinski definition) is 1. The van der Waals surface area contributed by atoms with Crippen LogP contribution in [0.2, 0.25) is 0 Å². The van der Waals surface area contributed by atoms with Gasteiger partial charge in [-0.05, 0) is 23.3 Å². The van der Waals surface area contributed by atoms with Crippen LogP contribution in [0.15, 0.2) is 42.5 Å². The number of rotatable bonds is 4. The fraction of sp³-hybridized carbons (Fsp3) is 0.389. The van der Waals surface area contributed by atoms with Gasteiger partial charge in [0.05, 0.1) is 6.04 Å². The fourth-order valence-corrected chi connectivity index (χ4v) is 3.16. The highest BCUT2D eigenvalue weighted by Gasteiger charge is 2.24. The van der Waals surface area contributed by atoms with Crippen molar-refractivity contribution in [1.82, 2.24) is 9.80 Å². The van der Waals surface area contributed by atoms with E-state index in [1.807, 2.05) is 6.92 Å². The predicted molar refractivity (Wildman–Crippen MR) is 89.5 cm³/mol. The van der Waals surface area contributed by atoms with E-state index in [0.717, 1.165) is 32.7 Å². The molecule has 2 aromatic carbocycles. The summed E-state index contributed by atoms with van der Waals surface area (Å²) in [5.41, 5.74) is 6.76. The summed E-state index contributed by atoms with van der Waals surface area (Å²) in [5, 5.41) is 2.62. The van der Waals surface area contributed by atoms with E-state index in [-0.39, 0.29) is 11.9 Å². The Hall–Kier alpha value is -1.91. The largest absolute Gasteiger partial charge is 0.368 e. The maximum Gasteiger partial charge on any atom is 0.234 e. The number of carbonyl (C=O) groups excluding carboxylic acids is 1. The lowest BCUT2D eigenvalue weighted by atomic mass is 10.0. The van der Waals surface area contributed by atoms with Crippen molar-refractivity contribution >= 4 is 16.7 Å². The average molecular weight is 297 g/mol. The van der Waals surface area contributed by atoms with Crippen LogP contribution in [0.5, 0.6) is 0 Å². The Balaban J connectivity index is 1.66. The van der Waals surface area contributed by atoms with E-state index in [1.165, 1.54) is 16.3 Å². The second kappa shape index (κ2) is 6.46. The van der Waals surface area contributed by atoms with Crippen molar-refractivity contribution in [3.8, 4) is 0 Å². The van der Waals surface area contributed by atoms with E-state index in [2.05, 4.69) is 52.3 Å². The molecule has 0 aliphatic carbocycles. The first-order valence-electron chi connectivity index (χ1n) is 7.87. The topological polar surface area (TPSA) is 49.6 Å². The smallest absolute Gasteiger partial charge is 0.234 e. The van der Waals surface area contributed by atoms with E-state index < -0.39 is 0 Å². The number of benzene rings is 2. The third kappa shape index (κ3) is 3.13. The van der Waals surface area contributed by atoms with Gasteiger partial charge in [0, 0.05) is 32.7 Å². The minimum Gasteiger partial charge on any atom is -0.368 e. The molecule has 1 aliphatic heterocycles. The molecule has 0 spiro atoms. The first-order valence-corrected chi connectivity index (χ1v) is 7.87. The molecule has 4 nitrogen and oxygen atoms in total. The third-order valence-electron chi connectivity index (χ3n) is 4.64. The molecule has 2 N–H and O–H groups in total. The molecule has 1 heterocycles. The summed E-state index contributed by atoms with van der Waals surface area (Å²) < 4.78 is 0. The molecule has 0 radical (unpaired) electrons. The van der Waals surface area contributed by atoms with Gasteiger partial charge in [0.2, 0.25) is 5.91 Å². The minimum absolute atomic E-state index is 0.167. The van der Waals surface area contributed by atoms with E-state index in [0.29, 0.717) is 0 Å². The lowest BCUT2D eigenvalue weighted by Gasteiger charge is -2.37. The van der Waals surface area contributed by atoms with Gasteiger partial charge >= 0.3 is 0 Å². The summed E-state index contributed by atoms with van der Waals surface area (Å²) in [7, 11) is 0. The molecule has 1 fully saturated rings. The van der Waals surface area contributed by atoms with Gasteiger partial charge in [-0.2, -0.15) is 0 Å². The summed E-state index contributed by atoms with van der Waals surface area (Å²) in [6.45, 7) is 6.59. The molecule has 3 rings (SSSR count). The molecule has 22 heavy (non-hydrogen) atoms. The number of carbonyl (C=O) groups is 1. The average Bonchev–Trinajstić information content (AvgIpc) is 2.55. The molecule has 1 aliphatic rings. The standard InChI is InChI=1S/C18H23N3O/c1-14(18(19)22)21-11-9-20(10-12-21)13-16-7-4-6-15-5-2-3-8-17(15)16/h2-8,14H,9-13H2,1H3,(H2,19,22). The van der Waals surface area contributed by atoms with Crippen molar-refractivity contribution in [3.05, 3.63) is 48.0 Å². The van der Waals surface area contributed by atoms with E-state index >= 15 is 0 Å². The van der Waals surface area contributed by atoms with Gasteiger partial charge in [-0.1, -0.05) is 42.5 Å². The molecule has 1 atom stereocenters. The Morgan fingerprint density at radius 3 is 2.50 bits per heavy atom. The van der Waals surface area contributed by atoms with Gasteiger partial charge in [-0.25, -0.2) is 0 Å². The van der Waals surface area contributed by atoms with Gasteiger partial charge < -0.3 is 5.73 Å². The lowest BCUT2D eigenvalue weighted by Crippen LogP contribution is -2.52. The summed E-state index contributed by atoms with van der Waals surface area (Å²) in [6.07, 6.45) is 0. The van der Waals surface area contributed by atoms with Crippen LogP contribution in [0.25, 0.3) is 10.8 Å². The van der Waals surface area contributed by atoms with E-state index in [9.17, 15) is 4.79 Å². The van der Waals surface area contributed by atoms with Gasteiger partial charge in [0.1, 0.15) is 0 Å². The van der Waals surface area contributed by atoms with Crippen LogP contribution in [0, 0.1) is 0 Å². The number of hydrogen-bond acceptors (Lipinski definition) is 3. The van der Waals surface area contributed by atoms with Crippen LogP contribution in [0.3, 0.4) is 0 Å². The number of amides is 1. The molecule has 2 aromatic rings. The van der Waals surface area contributed by atoms with Crippen molar-refractivity contribution in [3.63, 3.8) is 0 Å². The van der Waals surface area contributed by atoms with Crippen LogP contribution in [0.1, 0.15) is 12.5 Å². The van der Waals surface area contributed by atoms with Gasteiger partial charge in [0.25, 0.3) is 0 Å². The van der Waals surface area contributed by atoms with Gasteiger partial charge in [-0.3, -0.25) is 14.6 Å². The number of primary amides is 1. The summed E-state index contributed by atoms with van der Waals surface area (Å²) >= 11 is 0. The van der Waals surface area contributed by atoms with E-state index in [1.54, 1.807) is 0 Å². The van der Waals surface area contributed by atoms with Crippen molar-refractivity contribution in [1.29, 1.82) is 0 Å². The van der Waals surface area contributed by atoms with Crippen molar-refractivity contribution in [2.24, 2.45) is 5.73 Å². The zero-order chi connectivity index (χ0) is 15.5. The summed E-state index contributed by atoms with van der Waals surface area (Å²) in [6, 6.07) is 14.9. The Morgan fingerprint density at radius 1 is 1.09 bits per heavy atom. The molecular formula is C18H23N3O. The third-order valence-corrected chi connectivity index (χ3v) is 4.64. The molecule has 0 saturated carbocycles. The lowest BCUT2D eigenvalue weighted by molar-refractivity contribution is -0.123. The number of fused-ring (bicyclic) bond motifs is 1. The van der Waals surface area contributed by atoms with Crippen LogP contribution in [-0.2, 0) is 11.3 Å². The van der Waals surface area contributed by atoms with Crippen LogP contribution < -0.4 is 5.73 Å². The predicted octanol–water partition coefficient (Wildman–Crippen LogP) is 1.83. The number of nitrogens with two attached hydrogens (primary N) is 1. The minimum atomic E-state index is -0.234. The quantitative estimate of drug-likeness (QED) is 0.936. The molecule has 4 heteroatoms. The van der Waals surface area contributed by atoms with Crippen molar-refractivity contribution in [2.45, 2.75) is 19.5 Å². The Kier molecular flexibility index (Phi) is 4.41. The molecule has 1 amide bonds. The van der Waals surface area contributed by atoms with Crippen LogP contribution in [-0.4, -0.2) is 47.9 Å². The maximum absolute atomic E-state index is 11.3. The van der Waals surface area contributed by atoms with Gasteiger partial charge in [-0.15, -0.1) is 0 Å². The highest BCUT2D eigenvalue weighted by atomic mass is 16.1. The number of nitrogens with zero attached hydrogens (tertiary/aromatic N) is 2. The number of piperazine rings is 1. The van der Waals surface area contributed by atoms with Gasteiger partial charge in [0.15, 0.2) is 0 Å². The van der Waals surface area contributed by atoms with Crippen molar-refractivity contribution < 1.29 is 4.79 Å². The maximum atomic E-state index is 11.3. The molecule has 0 aromatic heterocycles. The summed E-state index contributed by atoms with van der Waals surface area (Å²) in [5.74, 6) is -0.234. The first kappa shape index (κ1) is 15.0. The summed E-state index contributed by atoms with van der Waals surface area (Å²) in [4.78, 5) is 15.9. The Morgan fingerprint density at radius 2 is 1.77 bits per heavy atom. The molecule has 1 saturated heterocycles. The normalized spacial score (nSPS) is 18.4. The van der Waals surface area contributed by atoms with E-state index in [4.69, 9.17) is 5.73 Å². The molecule has 1 unspecified atom stereocenters. The fourth-order valence-electron chi connectivity index (χ4n) is 3.16. The highest BCUT2D eigenvalue weighted by molar-refractivity contribution is 5.85.